The number of aliphatic hydroxyl groups is 12. The second-order valence-electron chi connectivity index (χ2n) is 8.78. The van der Waals surface area contributed by atoms with Crippen molar-refractivity contribution in [3.63, 3.8) is 0 Å². The average Bonchev–Trinajstić information content (AvgIpc) is 2.79. The van der Waals surface area contributed by atoms with E-state index in [0.29, 0.717) is 0 Å². The van der Waals surface area contributed by atoms with Crippen LogP contribution in [-0.2, 0) is 14.2 Å². The van der Waals surface area contributed by atoms with Gasteiger partial charge in [-0.15, -0.1) is 0 Å². The van der Waals surface area contributed by atoms with Gasteiger partial charge in [0.1, 0.15) is 73.2 Å². The Bertz CT molecular complexity index is 681. The highest BCUT2D eigenvalue weighted by Crippen LogP contribution is 2.48. The highest BCUT2D eigenvalue weighted by Gasteiger charge is 2.74. The summed E-state index contributed by atoms with van der Waals surface area (Å²) in [5.74, 6) is -3.37. The van der Waals surface area contributed by atoms with E-state index in [9.17, 15) is 61.3 Å². The van der Waals surface area contributed by atoms with Gasteiger partial charge in [0.05, 0.1) is 19.3 Å². The van der Waals surface area contributed by atoms with Gasteiger partial charge in [-0.1, -0.05) is 0 Å². The van der Waals surface area contributed by atoms with Crippen LogP contribution >= 0.6 is 0 Å². The van der Waals surface area contributed by atoms with E-state index in [1.807, 2.05) is 0 Å². The molecule has 0 saturated carbocycles. The number of hydrogen-bond acceptors (Lipinski definition) is 15. The molecular weight excluding hydrogens is 456 g/mol. The van der Waals surface area contributed by atoms with Crippen molar-refractivity contribution in [3.8, 4) is 0 Å². The molecule has 0 aromatic heterocycles. The summed E-state index contributed by atoms with van der Waals surface area (Å²) < 4.78 is 15.9. The molecule has 0 aromatic carbocycles. The van der Waals surface area contributed by atoms with Crippen LogP contribution in [0.15, 0.2) is 0 Å². The standard InChI is InChI=1S/C18H32O15/c1-4-7(21)10(24)13(27)16(31-4)18(30)17(29,14(28)9(23)6(3-20)33-18)15-12(26)11(25)8(22)5(2-19)32-15/h4-16,19-30H,2-3H2,1H3/t4-,5+,6+,7-,8+,9-,10+,11-,12+,13+,14-,15?,16?,17-,18?/m0/s1. The third-order valence-electron chi connectivity index (χ3n) is 6.80. The molecule has 33 heavy (non-hydrogen) atoms. The lowest BCUT2D eigenvalue weighted by Crippen LogP contribution is -2.85. The Kier molecular flexibility index (Phi) is 7.73. The minimum Gasteiger partial charge on any atom is -0.394 e. The SMILES string of the molecule is C[C@@H]1OC(C2(O)O[C@H](CO)[C@H](O)[C@H](O)[C@]2(O)C2O[C@H](CO)[C@@H](O)[C@H](O)[C@H]2O)[C@H](O)[C@H](O)[C@H]1O. The van der Waals surface area contributed by atoms with E-state index < -0.39 is 104 Å². The maximum atomic E-state index is 11.6. The lowest BCUT2D eigenvalue weighted by Gasteiger charge is -2.61. The largest absolute Gasteiger partial charge is 0.394 e. The zero-order valence-electron chi connectivity index (χ0n) is 17.5. The van der Waals surface area contributed by atoms with Crippen LogP contribution in [0.1, 0.15) is 6.92 Å². The van der Waals surface area contributed by atoms with Gasteiger partial charge in [0.2, 0.25) is 5.79 Å². The molecule has 3 fully saturated rings. The van der Waals surface area contributed by atoms with Gasteiger partial charge in [-0.3, -0.25) is 0 Å². The lowest BCUT2D eigenvalue weighted by molar-refractivity contribution is -0.458. The smallest absolute Gasteiger partial charge is 0.230 e. The summed E-state index contributed by atoms with van der Waals surface area (Å²) >= 11 is 0. The van der Waals surface area contributed by atoms with Crippen molar-refractivity contribution < 1.29 is 75.5 Å². The molecule has 0 aliphatic carbocycles. The molecule has 15 nitrogen and oxygen atoms in total. The number of ether oxygens (including phenoxy) is 3. The van der Waals surface area contributed by atoms with Crippen molar-refractivity contribution in [2.45, 2.75) is 97.7 Å². The van der Waals surface area contributed by atoms with Crippen molar-refractivity contribution in [3.05, 3.63) is 0 Å². The zero-order valence-corrected chi connectivity index (χ0v) is 17.5. The van der Waals surface area contributed by atoms with Crippen LogP contribution < -0.4 is 0 Å². The topological polar surface area (TPSA) is 270 Å². The zero-order chi connectivity index (χ0) is 25.0. The second-order valence-corrected chi connectivity index (χ2v) is 8.78. The maximum absolute atomic E-state index is 11.6. The molecule has 194 valence electrons. The van der Waals surface area contributed by atoms with E-state index >= 15 is 0 Å². The van der Waals surface area contributed by atoms with Gasteiger partial charge in [-0.25, -0.2) is 0 Å². The quantitative estimate of drug-likeness (QED) is 0.175. The molecule has 0 aromatic rings. The summed E-state index contributed by atoms with van der Waals surface area (Å²) in [7, 11) is 0. The lowest BCUT2D eigenvalue weighted by atomic mass is 9.68. The summed E-state index contributed by atoms with van der Waals surface area (Å²) in [5.41, 5.74) is -3.38. The molecule has 15 heteroatoms. The van der Waals surface area contributed by atoms with Crippen LogP contribution in [0, 0.1) is 0 Å². The van der Waals surface area contributed by atoms with E-state index in [4.69, 9.17) is 14.2 Å². The predicted molar refractivity (Wildman–Crippen MR) is 100.0 cm³/mol. The molecule has 3 unspecified atom stereocenters. The highest BCUT2D eigenvalue weighted by molar-refractivity contribution is 5.19. The van der Waals surface area contributed by atoms with Crippen molar-refractivity contribution in [1.29, 1.82) is 0 Å². The Labute approximate surface area is 187 Å². The summed E-state index contributed by atoms with van der Waals surface area (Å²) in [6, 6.07) is 0. The molecule has 12 N–H and O–H groups in total. The Morgan fingerprint density at radius 2 is 1.12 bits per heavy atom. The van der Waals surface area contributed by atoms with Crippen molar-refractivity contribution >= 4 is 0 Å². The van der Waals surface area contributed by atoms with Crippen molar-refractivity contribution in [1.82, 2.24) is 0 Å². The Hall–Kier alpha value is -0.600. The monoisotopic (exact) mass is 488 g/mol. The summed E-state index contributed by atoms with van der Waals surface area (Å²) in [4.78, 5) is 0. The van der Waals surface area contributed by atoms with Crippen LogP contribution in [0.25, 0.3) is 0 Å². The number of aliphatic hydroxyl groups excluding tert-OH is 10. The van der Waals surface area contributed by atoms with Gasteiger partial charge in [0.15, 0.2) is 5.60 Å². The summed E-state index contributed by atoms with van der Waals surface area (Å²) in [6.45, 7) is -0.727. The van der Waals surface area contributed by atoms with Crippen LogP contribution in [0.2, 0.25) is 0 Å². The van der Waals surface area contributed by atoms with Crippen molar-refractivity contribution in [2.24, 2.45) is 0 Å². The Morgan fingerprint density at radius 1 is 0.606 bits per heavy atom. The first-order valence-corrected chi connectivity index (χ1v) is 10.4. The third-order valence-corrected chi connectivity index (χ3v) is 6.80. The fourth-order valence-corrected chi connectivity index (χ4v) is 4.72. The first-order chi connectivity index (χ1) is 15.3. The molecule has 0 bridgehead atoms. The van der Waals surface area contributed by atoms with Gasteiger partial charge in [0.25, 0.3) is 0 Å². The first kappa shape index (κ1) is 27.0. The fraction of sp³-hybridized carbons (Fsp3) is 1.00. The molecule has 15 atom stereocenters. The Balaban J connectivity index is 2.14. The molecule has 3 aliphatic rings. The number of rotatable bonds is 4. The molecule has 3 rings (SSSR count). The normalized spacial score (nSPS) is 58.3. The van der Waals surface area contributed by atoms with Gasteiger partial charge >= 0.3 is 0 Å². The van der Waals surface area contributed by atoms with Gasteiger partial charge in [-0.2, -0.15) is 0 Å². The predicted octanol–water partition coefficient (Wildman–Crippen LogP) is -7.77. The van der Waals surface area contributed by atoms with E-state index in [0.717, 1.165) is 0 Å². The van der Waals surface area contributed by atoms with Crippen LogP contribution in [0.3, 0.4) is 0 Å². The van der Waals surface area contributed by atoms with E-state index in [1.54, 1.807) is 0 Å². The number of hydrogen-bond donors (Lipinski definition) is 12. The fourth-order valence-electron chi connectivity index (χ4n) is 4.72. The van der Waals surface area contributed by atoms with Gasteiger partial charge in [-0.05, 0) is 6.92 Å². The average molecular weight is 488 g/mol. The minimum absolute atomic E-state index is 0.945. The highest BCUT2D eigenvalue weighted by atomic mass is 16.7. The van der Waals surface area contributed by atoms with Gasteiger partial charge < -0.3 is 75.5 Å². The molecule has 0 radical (unpaired) electrons. The molecule has 3 saturated heterocycles. The first-order valence-electron chi connectivity index (χ1n) is 10.4. The van der Waals surface area contributed by atoms with E-state index in [-0.39, 0.29) is 0 Å². The van der Waals surface area contributed by atoms with Crippen LogP contribution in [0.4, 0.5) is 0 Å². The third kappa shape index (κ3) is 3.90. The van der Waals surface area contributed by atoms with Crippen LogP contribution in [0.5, 0.6) is 0 Å². The minimum atomic E-state index is -3.38. The van der Waals surface area contributed by atoms with Crippen molar-refractivity contribution in [2.75, 3.05) is 13.2 Å². The summed E-state index contributed by atoms with van der Waals surface area (Å²) in [5, 5.41) is 125. The summed E-state index contributed by atoms with van der Waals surface area (Å²) in [6.07, 6.45) is -25.8. The Morgan fingerprint density at radius 3 is 1.67 bits per heavy atom. The molecule has 0 amide bonds. The second kappa shape index (κ2) is 9.45. The molecule has 3 aliphatic heterocycles. The molecular formula is C18H32O15. The maximum Gasteiger partial charge on any atom is 0.230 e. The molecule has 0 spiro atoms. The van der Waals surface area contributed by atoms with E-state index in [1.165, 1.54) is 6.92 Å². The van der Waals surface area contributed by atoms with E-state index in [2.05, 4.69) is 0 Å². The van der Waals surface area contributed by atoms with Crippen LogP contribution in [-0.4, -0.2) is 165 Å². The van der Waals surface area contributed by atoms with Gasteiger partial charge in [0, 0.05) is 0 Å². The molecule has 3 heterocycles.